The summed E-state index contributed by atoms with van der Waals surface area (Å²) in [6.07, 6.45) is 0. The third-order valence-electron chi connectivity index (χ3n) is 3.00. The molecule has 17 heavy (non-hydrogen) atoms. The van der Waals surface area contributed by atoms with Gasteiger partial charge in [-0.25, -0.2) is 0 Å². The van der Waals surface area contributed by atoms with E-state index in [0.29, 0.717) is 19.1 Å². The number of rotatable bonds is 7. The van der Waals surface area contributed by atoms with Crippen molar-refractivity contribution in [3.8, 4) is 0 Å². The average molecular weight is 257 g/mol. The number of nitrogens with one attached hydrogen (secondary N) is 1. The first-order chi connectivity index (χ1) is 7.97. The summed E-state index contributed by atoms with van der Waals surface area (Å²) in [6.45, 7) is 7.34. The maximum atomic E-state index is 10.4. The molecular weight excluding hydrogens is 234 g/mol. The van der Waals surface area contributed by atoms with Crippen LogP contribution in [0.1, 0.15) is 26.3 Å². The van der Waals surface area contributed by atoms with Gasteiger partial charge in [0.1, 0.15) is 0 Å². The summed E-state index contributed by atoms with van der Waals surface area (Å²) in [4.78, 5) is 0. The number of hydrogen-bond acceptors (Lipinski definition) is 4. The van der Waals surface area contributed by atoms with Crippen LogP contribution in [0, 0.1) is 5.92 Å². The predicted octanol–water partition coefficient (Wildman–Crippen LogP) is 2.22. The van der Waals surface area contributed by atoms with E-state index in [4.69, 9.17) is 4.74 Å². The molecule has 0 aliphatic heterocycles. The highest BCUT2D eigenvalue weighted by Crippen LogP contribution is 2.22. The SMILES string of the molecule is COC[C@@H](NC[C@](C)(O)c1ccsc1)C(C)C. The van der Waals surface area contributed by atoms with Crippen molar-refractivity contribution >= 4 is 11.3 Å². The zero-order chi connectivity index (χ0) is 12.9. The molecule has 3 nitrogen and oxygen atoms in total. The van der Waals surface area contributed by atoms with Crippen LogP contribution in [-0.4, -0.2) is 31.4 Å². The Kier molecular flexibility index (Phi) is 5.59. The van der Waals surface area contributed by atoms with E-state index in [9.17, 15) is 5.11 Å². The summed E-state index contributed by atoms with van der Waals surface area (Å²) in [5.41, 5.74) is 0.149. The monoisotopic (exact) mass is 257 g/mol. The van der Waals surface area contributed by atoms with Gasteiger partial charge in [-0.2, -0.15) is 11.3 Å². The minimum absolute atomic E-state index is 0.269. The van der Waals surface area contributed by atoms with E-state index in [0.717, 1.165) is 5.56 Å². The molecule has 1 rings (SSSR count). The molecule has 1 heterocycles. The summed E-state index contributed by atoms with van der Waals surface area (Å²) in [6, 6.07) is 2.23. The quantitative estimate of drug-likeness (QED) is 0.787. The number of ether oxygens (including phenoxy) is 1. The van der Waals surface area contributed by atoms with Gasteiger partial charge >= 0.3 is 0 Å². The molecule has 0 spiro atoms. The molecule has 0 fully saturated rings. The molecule has 2 N–H and O–H groups in total. The highest BCUT2D eigenvalue weighted by molar-refractivity contribution is 7.08. The van der Waals surface area contributed by atoms with E-state index in [1.807, 2.05) is 23.8 Å². The lowest BCUT2D eigenvalue weighted by atomic mass is 9.97. The minimum Gasteiger partial charge on any atom is -0.384 e. The highest BCUT2D eigenvalue weighted by Gasteiger charge is 2.25. The molecular formula is C13H23NO2S. The fraction of sp³-hybridized carbons (Fsp3) is 0.692. The Morgan fingerprint density at radius 2 is 2.24 bits per heavy atom. The van der Waals surface area contributed by atoms with Gasteiger partial charge in [0, 0.05) is 19.7 Å². The van der Waals surface area contributed by atoms with E-state index in [-0.39, 0.29) is 6.04 Å². The number of hydrogen-bond donors (Lipinski definition) is 2. The van der Waals surface area contributed by atoms with Crippen molar-refractivity contribution in [3.05, 3.63) is 22.4 Å². The average Bonchev–Trinajstić information content (AvgIpc) is 2.77. The van der Waals surface area contributed by atoms with Crippen LogP contribution in [-0.2, 0) is 10.3 Å². The molecule has 0 amide bonds. The normalized spacial score (nSPS) is 17.1. The molecule has 1 aromatic heterocycles. The molecule has 1 aromatic rings. The topological polar surface area (TPSA) is 41.5 Å². The standard InChI is InChI=1S/C13H23NO2S/c1-10(2)12(7-16-4)14-9-13(3,15)11-5-6-17-8-11/h5-6,8,10,12,14-15H,7,9H2,1-4H3/t12-,13+/m1/s1. The van der Waals surface area contributed by atoms with Crippen molar-refractivity contribution in [2.45, 2.75) is 32.4 Å². The van der Waals surface area contributed by atoms with Crippen LogP contribution in [0.2, 0.25) is 0 Å². The largest absolute Gasteiger partial charge is 0.384 e. The van der Waals surface area contributed by atoms with Gasteiger partial charge in [-0.1, -0.05) is 13.8 Å². The third-order valence-corrected chi connectivity index (χ3v) is 3.69. The Morgan fingerprint density at radius 1 is 1.53 bits per heavy atom. The maximum Gasteiger partial charge on any atom is 0.1000 e. The molecule has 0 saturated heterocycles. The molecule has 0 unspecified atom stereocenters. The first-order valence-electron chi connectivity index (χ1n) is 5.94. The Bertz CT molecular complexity index is 309. The second kappa shape index (κ2) is 6.50. The van der Waals surface area contributed by atoms with Gasteiger partial charge in [-0.3, -0.25) is 0 Å². The van der Waals surface area contributed by atoms with Crippen LogP contribution in [0.3, 0.4) is 0 Å². The zero-order valence-electron chi connectivity index (χ0n) is 11.1. The fourth-order valence-corrected chi connectivity index (χ4v) is 2.45. The van der Waals surface area contributed by atoms with E-state index in [1.165, 1.54) is 0 Å². The third kappa shape index (κ3) is 4.39. The molecule has 4 heteroatoms. The Morgan fingerprint density at radius 3 is 2.71 bits per heavy atom. The summed E-state index contributed by atoms with van der Waals surface area (Å²) < 4.78 is 5.18. The molecule has 0 aromatic carbocycles. The van der Waals surface area contributed by atoms with Gasteiger partial charge < -0.3 is 15.2 Å². The second-order valence-electron chi connectivity index (χ2n) is 4.97. The second-order valence-corrected chi connectivity index (χ2v) is 5.75. The minimum atomic E-state index is -0.819. The molecule has 0 radical (unpaired) electrons. The lowest BCUT2D eigenvalue weighted by Gasteiger charge is -2.28. The number of methoxy groups -OCH3 is 1. The van der Waals surface area contributed by atoms with Crippen molar-refractivity contribution in [1.29, 1.82) is 0 Å². The first kappa shape index (κ1) is 14.6. The van der Waals surface area contributed by atoms with Crippen molar-refractivity contribution < 1.29 is 9.84 Å². The molecule has 0 aliphatic rings. The molecule has 0 aliphatic carbocycles. The van der Waals surface area contributed by atoms with E-state index < -0.39 is 5.60 Å². The Hall–Kier alpha value is -0.420. The smallest absolute Gasteiger partial charge is 0.1000 e. The van der Waals surface area contributed by atoms with Gasteiger partial charge in [0.2, 0.25) is 0 Å². The predicted molar refractivity (Wildman–Crippen MR) is 72.4 cm³/mol. The summed E-state index contributed by atoms with van der Waals surface area (Å²) in [5.74, 6) is 0.480. The van der Waals surface area contributed by atoms with Gasteiger partial charge in [-0.15, -0.1) is 0 Å². The number of aliphatic hydroxyl groups is 1. The summed E-state index contributed by atoms with van der Waals surface area (Å²) >= 11 is 1.60. The van der Waals surface area contributed by atoms with Crippen LogP contribution in [0.25, 0.3) is 0 Å². The number of thiophene rings is 1. The van der Waals surface area contributed by atoms with Gasteiger partial charge in [-0.05, 0) is 35.2 Å². The molecule has 0 saturated carbocycles. The first-order valence-corrected chi connectivity index (χ1v) is 6.89. The van der Waals surface area contributed by atoms with Crippen molar-refractivity contribution in [3.63, 3.8) is 0 Å². The van der Waals surface area contributed by atoms with Crippen LogP contribution >= 0.6 is 11.3 Å². The van der Waals surface area contributed by atoms with Crippen molar-refractivity contribution in [2.75, 3.05) is 20.3 Å². The van der Waals surface area contributed by atoms with E-state index >= 15 is 0 Å². The Balaban J connectivity index is 2.53. The zero-order valence-corrected chi connectivity index (χ0v) is 11.9. The molecule has 2 atom stereocenters. The highest BCUT2D eigenvalue weighted by atomic mass is 32.1. The van der Waals surface area contributed by atoms with E-state index in [1.54, 1.807) is 18.4 Å². The van der Waals surface area contributed by atoms with Crippen LogP contribution in [0.15, 0.2) is 16.8 Å². The van der Waals surface area contributed by atoms with E-state index in [2.05, 4.69) is 19.2 Å². The van der Waals surface area contributed by atoms with Crippen LogP contribution in [0.5, 0.6) is 0 Å². The van der Waals surface area contributed by atoms with Gasteiger partial charge in [0.05, 0.1) is 12.2 Å². The Labute approximate surface area is 108 Å². The lowest BCUT2D eigenvalue weighted by molar-refractivity contribution is 0.0456. The van der Waals surface area contributed by atoms with Crippen LogP contribution < -0.4 is 5.32 Å². The molecule has 0 bridgehead atoms. The fourth-order valence-electron chi connectivity index (χ4n) is 1.67. The van der Waals surface area contributed by atoms with Gasteiger partial charge in [0.15, 0.2) is 0 Å². The molecule has 98 valence electrons. The van der Waals surface area contributed by atoms with Gasteiger partial charge in [0.25, 0.3) is 0 Å². The van der Waals surface area contributed by atoms with Crippen molar-refractivity contribution in [2.24, 2.45) is 5.92 Å². The maximum absolute atomic E-state index is 10.4. The summed E-state index contributed by atoms with van der Waals surface area (Å²) in [5, 5.41) is 17.7. The summed E-state index contributed by atoms with van der Waals surface area (Å²) in [7, 11) is 1.70. The van der Waals surface area contributed by atoms with Crippen LogP contribution in [0.4, 0.5) is 0 Å². The lowest BCUT2D eigenvalue weighted by Crippen LogP contribution is -2.45. The van der Waals surface area contributed by atoms with Crippen molar-refractivity contribution in [1.82, 2.24) is 5.32 Å².